The molecule has 7 heteroatoms. The summed E-state index contributed by atoms with van der Waals surface area (Å²) < 4.78 is 11.3. The SMILES string of the molecule is COc1cccc(C2NC(=S)N(Cc3cccc(C)c3)C(C)=C2c2nc(-c3ccccc3)no2)c1. The molecule has 176 valence electrons. The summed E-state index contributed by atoms with van der Waals surface area (Å²) in [7, 11) is 1.66. The van der Waals surface area contributed by atoms with Crippen LogP contribution in [-0.2, 0) is 6.54 Å². The molecule has 4 aromatic rings. The summed E-state index contributed by atoms with van der Waals surface area (Å²) in [4.78, 5) is 6.86. The molecular formula is C28H26N4O2S. The maximum Gasteiger partial charge on any atom is 0.258 e. The Hall–Kier alpha value is -3.97. The van der Waals surface area contributed by atoms with Gasteiger partial charge in [0.1, 0.15) is 5.75 Å². The van der Waals surface area contributed by atoms with Gasteiger partial charge in [0, 0.05) is 17.8 Å². The predicted molar refractivity (Wildman–Crippen MR) is 141 cm³/mol. The average Bonchev–Trinajstić information content (AvgIpc) is 3.36. The number of rotatable bonds is 6. The van der Waals surface area contributed by atoms with Gasteiger partial charge in [0.25, 0.3) is 5.89 Å². The monoisotopic (exact) mass is 482 g/mol. The smallest absolute Gasteiger partial charge is 0.258 e. The van der Waals surface area contributed by atoms with Crippen molar-refractivity contribution in [2.75, 3.05) is 7.11 Å². The van der Waals surface area contributed by atoms with E-state index >= 15 is 0 Å². The van der Waals surface area contributed by atoms with Crippen LogP contribution < -0.4 is 10.1 Å². The van der Waals surface area contributed by atoms with Gasteiger partial charge in [-0.05, 0) is 49.3 Å². The van der Waals surface area contributed by atoms with E-state index in [1.807, 2.05) is 54.6 Å². The third-order valence-electron chi connectivity index (χ3n) is 6.14. The van der Waals surface area contributed by atoms with E-state index in [4.69, 9.17) is 26.5 Å². The normalized spacial score (nSPS) is 15.8. The van der Waals surface area contributed by atoms with Crippen molar-refractivity contribution in [1.82, 2.24) is 20.4 Å². The van der Waals surface area contributed by atoms with Gasteiger partial charge in [-0.1, -0.05) is 77.5 Å². The molecule has 2 heterocycles. The molecule has 0 saturated carbocycles. The minimum atomic E-state index is -0.268. The first-order chi connectivity index (χ1) is 17.0. The Morgan fingerprint density at radius 2 is 1.80 bits per heavy atom. The van der Waals surface area contributed by atoms with Crippen LogP contribution in [-0.4, -0.2) is 27.3 Å². The lowest BCUT2D eigenvalue weighted by molar-refractivity contribution is 0.395. The molecule has 0 spiro atoms. The zero-order chi connectivity index (χ0) is 24.4. The Kier molecular flexibility index (Phi) is 6.33. The summed E-state index contributed by atoms with van der Waals surface area (Å²) in [5.41, 5.74) is 6.12. The van der Waals surface area contributed by atoms with Gasteiger partial charge in [-0.15, -0.1) is 0 Å². The highest BCUT2D eigenvalue weighted by atomic mass is 32.1. The molecule has 3 aromatic carbocycles. The largest absolute Gasteiger partial charge is 0.497 e. The van der Waals surface area contributed by atoms with Crippen molar-refractivity contribution in [3.05, 3.63) is 107 Å². The van der Waals surface area contributed by atoms with Gasteiger partial charge < -0.3 is 19.5 Å². The third kappa shape index (κ3) is 4.68. The number of thiocarbonyl (C=S) groups is 1. The topological polar surface area (TPSA) is 63.4 Å². The van der Waals surface area contributed by atoms with Crippen LogP contribution in [0.3, 0.4) is 0 Å². The first-order valence-corrected chi connectivity index (χ1v) is 11.8. The van der Waals surface area contributed by atoms with Crippen molar-refractivity contribution < 1.29 is 9.26 Å². The second kappa shape index (κ2) is 9.72. The van der Waals surface area contributed by atoms with Crippen molar-refractivity contribution in [2.45, 2.75) is 26.4 Å². The van der Waals surface area contributed by atoms with E-state index in [1.54, 1.807) is 7.11 Å². The van der Waals surface area contributed by atoms with E-state index < -0.39 is 0 Å². The Morgan fingerprint density at radius 1 is 1.00 bits per heavy atom. The number of benzene rings is 3. The summed E-state index contributed by atoms with van der Waals surface area (Å²) in [6, 6.07) is 25.9. The molecule has 1 aromatic heterocycles. The summed E-state index contributed by atoms with van der Waals surface area (Å²) in [5, 5.41) is 8.43. The Morgan fingerprint density at radius 3 is 2.57 bits per heavy atom. The number of hydrogen-bond donors (Lipinski definition) is 1. The molecule has 0 fully saturated rings. The number of nitrogens with one attached hydrogen (secondary N) is 1. The third-order valence-corrected chi connectivity index (χ3v) is 6.47. The summed E-state index contributed by atoms with van der Waals surface area (Å²) in [5.74, 6) is 1.77. The van der Waals surface area contributed by atoms with E-state index in [0.29, 0.717) is 23.4 Å². The van der Waals surface area contributed by atoms with E-state index in [-0.39, 0.29) is 6.04 Å². The van der Waals surface area contributed by atoms with E-state index in [2.05, 4.69) is 53.5 Å². The van der Waals surface area contributed by atoms with Crippen molar-refractivity contribution in [3.8, 4) is 17.1 Å². The molecule has 0 aliphatic carbocycles. The van der Waals surface area contributed by atoms with Crippen molar-refractivity contribution >= 4 is 22.9 Å². The fourth-order valence-electron chi connectivity index (χ4n) is 4.35. The zero-order valence-electron chi connectivity index (χ0n) is 19.9. The lowest BCUT2D eigenvalue weighted by Gasteiger charge is -2.37. The van der Waals surface area contributed by atoms with Gasteiger partial charge in [-0.2, -0.15) is 4.98 Å². The minimum Gasteiger partial charge on any atom is -0.497 e. The molecular weight excluding hydrogens is 456 g/mol. The van der Waals surface area contributed by atoms with Crippen LogP contribution in [0.4, 0.5) is 0 Å². The molecule has 6 nitrogen and oxygen atoms in total. The van der Waals surface area contributed by atoms with Crippen LogP contribution >= 0.6 is 12.2 Å². The fraction of sp³-hybridized carbons (Fsp3) is 0.179. The van der Waals surface area contributed by atoms with Crippen LogP contribution in [0.5, 0.6) is 5.75 Å². The summed E-state index contributed by atoms with van der Waals surface area (Å²) in [6.45, 7) is 4.78. The number of methoxy groups -OCH3 is 1. The number of nitrogens with zero attached hydrogens (tertiary/aromatic N) is 3. The number of hydrogen-bond acceptors (Lipinski definition) is 5. The lowest BCUT2D eigenvalue weighted by atomic mass is 9.94. The molecule has 1 unspecified atom stereocenters. The average molecular weight is 483 g/mol. The van der Waals surface area contributed by atoms with Crippen LogP contribution in [0.2, 0.25) is 0 Å². The summed E-state index contributed by atoms with van der Waals surface area (Å²) >= 11 is 5.84. The lowest BCUT2D eigenvalue weighted by Crippen LogP contribution is -2.45. The Balaban J connectivity index is 1.61. The maximum absolute atomic E-state index is 5.84. The quantitative estimate of drug-likeness (QED) is 0.343. The molecule has 0 amide bonds. The van der Waals surface area contributed by atoms with Gasteiger partial charge in [-0.25, -0.2) is 0 Å². The summed E-state index contributed by atoms with van der Waals surface area (Å²) in [6.07, 6.45) is 0. The van der Waals surface area contributed by atoms with Crippen molar-refractivity contribution in [3.63, 3.8) is 0 Å². The van der Waals surface area contributed by atoms with Crippen LogP contribution in [0, 0.1) is 6.92 Å². The second-order valence-electron chi connectivity index (χ2n) is 8.52. The number of aromatic nitrogens is 2. The van der Waals surface area contributed by atoms with Gasteiger partial charge >= 0.3 is 0 Å². The number of aryl methyl sites for hydroxylation is 1. The molecule has 0 bridgehead atoms. The first-order valence-electron chi connectivity index (χ1n) is 11.4. The molecule has 1 aliphatic heterocycles. The maximum atomic E-state index is 5.84. The molecule has 5 rings (SSSR count). The predicted octanol–water partition coefficient (Wildman–Crippen LogP) is 5.92. The van der Waals surface area contributed by atoms with Crippen molar-refractivity contribution in [1.29, 1.82) is 0 Å². The number of allylic oxidation sites excluding steroid dienone is 1. The second-order valence-corrected chi connectivity index (χ2v) is 8.91. The van der Waals surface area contributed by atoms with E-state index in [0.717, 1.165) is 28.1 Å². The standard InChI is InChI=1S/C28H26N4O2S/c1-18-9-7-10-20(15-18)17-32-19(2)24(27-30-26(31-34-27)21-11-5-4-6-12-21)25(29-28(32)35)22-13-8-14-23(16-22)33-3/h4-16,25H,17H2,1-3H3,(H,29,35). The van der Waals surface area contributed by atoms with Crippen LogP contribution in [0.15, 0.2) is 89.1 Å². The zero-order valence-corrected chi connectivity index (χ0v) is 20.7. The van der Waals surface area contributed by atoms with E-state index in [9.17, 15) is 0 Å². The highest BCUT2D eigenvalue weighted by Crippen LogP contribution is 2.38. The molecule has 1 aliphatic rings. The fourth-order valence-corrected chi connectivity index (χ4v) is 4.67. The first kappa shape index (κ1) is 22.8. The highest BCUT2D eigenvalue weighted by molar-refractivity contribution is 7.80. The van der Waals surface area contributed by atoms with Gasteiger partial charge in [0.05, 0.1) is 18.7 Å². The molecule has 0 radical (unpaired) electrons. The van der Waals surface area contributed by atoms with Gasteiger partial charge in [-0.3, -0.25) is 0 Å². The van der Waals surface area contributed by atoms with Gasteiger partial charge in [0.2, 0.25) is 5.82 Å². The van der Waals surface area contributed by atoms with Crippen molar-refractivity contribution in [2.24, 2.45) is 0 Å². The minimum absolute atomic E-state index is 0.268. The van der Waals surface area contributed by atoms with Gasteiger partial charge in [0.15, 0.2) is 5.11 Å². The molecule has 1 atom stereocenters. The van der Waals surface area contributed by atoms with Crippen LogP contribution in [0.25, 0.3) is 17.0 Å². The highest BCUT2D eigenvalue weighted by Gasteiger charge is 2.34. The Labute approximate surface area is 210 Å². The van der Waals surface area contributed by atoms with Crippen LogP contribution in [0.1, 0.15) is 35.5 Å². The van der Waals surface area contributed by atoms with E-state index in [1.165, 1.54) is 11.1 Å². The molecule has 1 N–H and O–H groups in total. The Bertz CT molecular complexity index is 1400. The molecule has 35 heavy (non-hydrogen) atoms. The molecule has 0 saturated heterocycles. The number of ether oxygens (including phenoxy) is 1.